The largest absolute Gasteiger partial charge is 0.339 e. The number of benzene rings is 2. The van der Waals surface area contributed by atoms with Gasteiger partial charge in [0.2, 0.25) is 5.91 Å². The fourth-order valence-electron chi connectivity index (χ4n) is 5.46. The molecule has 1 atom stereocenters. The number of rotatable bonds is 5. The lowest BCUT2D eigenvalue weighted by molar-refractivity contribution is -0.119. The monoisotopic (exact) mass is 485 g/mol. The molecule has 2 fully saturated rings. The van der Waals surface area contributed by atoms with Crippen LogP contribution in [0.4, 0.5) is 5.69 Å². The predicted octanol–water partition coefficient (Wildman–Crippen LogP) is 4.45. The van der Waals surface area contributed by atoms with Gasteiger partial charge in [-0.25, -0.2) is 0 Å². The zero-order valence-electron chi connectivity index (χ0n) is 21.4. The zero-order valence-corrected chi connectivity index (χ0v) is 21.4. The van der Waals surface area contributed by atoms with Crippen LogP contribution < -0.4 is 5.32 Å². The number of likely N-dealkylation sites (tertiary alicyclic amines) is 2. The minimum Gasteiger partial charge on any atom is -0.339 e. The van der Waals surface area contributed by atoms with Crippen molar-refractivity contribution in [3.63, 3.8) is 0 Å². The number of amides is 2. The van der Waals surface area contributed by atoms with E-state index in [-0.39, 0.29) is 17.9 Å². The first kappa shape index (κ1) is 24.3. The number of piperidine rings is 1. The summed E-state index contributed by atoms with van der Waals surface area (Å²) in [5.74, 6) is 0.500. The molecule has 2 aromatic carbocycles. The molecule has 1 aromatic heterocycles. The fourth-order valence-corrected chi connectivity index (χ4v) is 5.46. The summed E-state index contributed by atoms with van der Waals surface area (Å²) in [6.45, 7) is 4.38. The Labute approximate surface area is 213 Å². The Balaban J connectivity index is 1.20. The highest BCUT2D eigenvalue weighted by Crippen LogP contribution is 2.31. The first-order valence-electron chi connectivity index (χ1n) is 12.9. The van der Waals surface area contributed by atoms with Crippen LogP contribution in [0, 0.1) is 6.92 Å². The number of aromatic nitrogens is 2. The number of likely N-dealkylation sites (N-methyl/N-ethyl adjacent to an activating group) is 1. The normalized spacial score (nSPS) is 19.0. The molecule has 0 saturated carbocycles. The zero-order chi connectivity index (χ0) is 25.2. The summed E-state index contributed by atoms with van der Waals surface area (Å²) in [6, 6.07) is 14.3. The second-order valence-electron chi connectivity index (χ2n) is 10.2. The van der Waals surface area contributed by atoms with E-state index in [1.54, 1.807) is 0 Å². The van der Waals surface area contributed by atoms with Crippen molar-refractivity contribution in [2.24, 2.45) is 7.05 Å². The van der Waals surface area contributed by atoms with E-state index >= 15 is 0 Å². The Morgan fingerprint density at radius 3 is 2.33 bits per heavy atom. The second kappa shape index (κ2) is 10.3. The van der Waals surface area contributed by atoms with Crippen molar-refractivity contribution in [1.29, 1.82) is 0 Å². The average molecular weight is 486 g/mol. The number of aryl methyl sites for hydroxylation is 2. The van der Waals surface area contributed by atoms with Gasteiger partial charge in [-0.3, -0.25) is 19.2 Å². The molecule has 5 rings (SSSR count). The van der Waals surface area contributed by atoms with Crippen molar-refractivity contribution in [2.75, 3.05) is 32.0 Å². The van der Waals surface area contributed by atoms with Gasteiger partial charge in [0.1, 0.15) is 0 Å². The third-order valence-corrected chi connectivity index (χ3v) is 7.77. The minimum atomic E-state index is -0.0961. The standard InChI is InChI=1S/C29H35N5O2/c1-20-6-7-24(17-26(20)31-28(35)27-5-4-14-32(27)2)29(36)34-15-12-23(13-16-34)21-8-10-22(11-9-21)25-18-30-33(3)19-25/h6-11,17-19,23,27H,4-5,12-16H2,1-3H3,(H,31,35). The Kier molecular flexibility index (Phi) is 6.92. The summed E-state index contributed by atoms with van der Waals surface area (Å²) < 4.78 is 1.81. The lowest BCUT2D eigenvalue weighted by Crippen LogP contribution is -2.38. The summed E-state index contributed by atoms with van der Waals surface area (Å²) in [4.78, 5) is 30.1. The van der Waals surface area contributed by atoms with Gasteiger partial charge in [0.05, 0.1) is 12.2 Å². The van der Waals surface area contributed by atoms with Crippen LogP contribution in [0.2, 0.25) is 0 Å². The molecule has 2 saturated heterocycles. The van der Waals surface area contributed by atoms with E-state index < -0.39 is 0 Å². The number of carbonyl (C=O) groups is 2. The summed E-state index contributed by atoms with van der Waals surface area (Å²) in [5, 5.41) is 7.33. The molecular formula is C29H35N5O2. The summed E-state index contributed by atoms with van der Waals surface area (Å²) in [7, 11) is 3.92. The third kappa shape index (κ3) is 5.07. The van der Waals surface area contributed by atoms with Crippen LogP contribution in [0.25, 0.3) is 11.1 Å². The molecule has 188 valence electrons. The van der Waals surface area contributed by atoms with Gasteiger partial charge in [0.15, 0.2) is 0 Å². The van der Waals surface area contributed by atoms with Crippen molar-refractivity contribution < 1.29 is 9.59 Å². The molecule has 1 N–H and O–H groups in total. The van der Waals surface area contributed by atoms with E-state index in [2.05, 4.69) is 39.6 Å². The van der Waals surface area contributed by atoms with E-state index in [1.807, 2.05) is 61.2 Å². The molecule has 1 unspecified atom stereocenters. The minimum absolute atomic E-state index is 0.0121. The Morgan fingerprint density at radius 1 is 0.944 bits per heavy atom. The van der Waals surface area contributed by atoms with Gasteiger partial charge < -0.3 is 10.2 Å². The average Bonchev–Trinajstić information content (AvgIpc) is 3.53. The molecule has 2 aliphatic rings. The fraction of sp³-hybridized carbons (Fsp3) is 0.414. The second-order valence-corrected chi connectivity index (χ2v) is 10.2. The van der Waals surface area contributed by atoms with Gasteiger partial charge >= 0.3 is 0 Å². The Morgan fingerprint density at radius 2 is 1.69 bits per heavy atom. The number of nitrogens with zero attached hydrogens (tertiary/aromatic N) is 4. The molecule has 3 heterocycles. The summed E-state index contributed by atoms with van der Waals surface area (Å²) in [6.07, 6.45) is 7.71. The quantitative estimate of drug-likeness (QED) is 0.580. The van der Waals surface area contributed by atoms with Crippen molar-refractivity contribution in [3.05, 3.63) is 71.5 Å². The molecule has 0 radical (unpaired) electrons. The van der Waals surface area contributed by atoms with Gasteiger partial charge in [-0.1, -0.05) is 30.3 Å². The van der Waals surface area contributed by atoms with Gasteiger partial charge in [-0.15, -0.1) is 0 Å². The predicted molar refractivity (Wildman–Crippen MR) is 142 cm³/mol. The van der Waals surface area contributed by atoms with Gasteiger partial charge in [0.25, 0.3) is 5.91 Å². The third-order valence-electron chi connectivity index (χ3n) is 7.77. The molecule has 7 heteroatoms. The Bertz CT molecular complexity index is 1240. The lowest BCUT2D eigenvalue weighted by Gasteiger charge is -2.32. The van der Waals surface area contributed by atoms with E-state index in [1.165, 1.54) is 11.1 Å². The van der Waals surface area contributed by atoms with Crippen molar-refractivity contribution >= 4 is 17.5 Å². The number of hydrogen-bond donors (Lipinski definition) is 1. The SMILES string of the molecule is Cc1ccc(C(=O)N2CCC(c3ccc(-c4cnn(C)c4)cc3)CC2)cc1NC(=O)C1CCCN1C. The highest BCUT2D eigenvalue weighted by atomic mass is 16.2. The molecule has 2 aliphatic heterocycles. The smallest absolute Gasteiger partial charge is 0.253 e. The highest BCUT2D eigenvalue weighted by Gasteiger charge is 2.29. The van der Waals surface area contributed by atoms with Gasteiger partial charge in [-0.2, -0.15) is 5.10 Å². The van der Waals surface area contributed by atoms with Crippen LogP contribution in [0.5, 0.6) is 0 Å². The molecule has 36 heavy (non-hydrogen) atoms. The molecule has 0 spiro atoms. The first-order valence-corrected chi connectivity index (χ1v) is 12.9. The number of nitrogens with one attached hydrogen (secondary N) is 1. The van der Waals surface area contributed by atoms with Gasteiger partial charge in [-0.05, 0) is 80.9 Å². The topological polar surface area (TPSA) is 70.5 Å². The maximum absolute atomic E-state index is 13.3. The first-order chi connectivity index (χ1) is 17.4. The number of anilines is 1. The van der Waals surface area contributed by atoms with Crippen LogP contribution in [0.3, 0.4) is 0 Å². The molecule has 7 nitrogen and oxygen atoms in total. The maximum Gasteiger partial charge on any atom is 0.253 e. The summed E-state index contributed by atoms with van der Waals surface area (Å²) >= 11 is 0. The molecule has 0 bridgehead atoms. The van der Waals surface area contributed by atoms with Crippen LogP contribution in [-0.4, -0.2) is 64.1 Å². The summed E-state index contributed by atoms with van der Waals surface area (Å²) in [5.41, 5.74) is 5.94. The highest BCUT2D eigenvalue weighted by molar-refractivity contribution is 5.99. The van der Waals surface area contributed by atoms with E-state index in [0.717, 1.165) is 62.1 Å². The maximum atomic E-state index is 13.3. The lowest BCUT2D eigenvalue weighted by atomic mass is 9.88. The van der Waals surface area contributed by atoms with Gasteiger partial charge in [0, 0.05) is 43.1 Å². The molecule has 3 aromatic rings. The van der Waals surface area contributed by atoms with Crippen molar-refractivity contribution in [1.82, 2.24) is 19.6 Å². The van der Waals surface area contributed by atoms with Crippen LogP contribution in [0.1, 0.15) is 53.1 Å². The number of hydrogen-bond acceptors (Lipinski definition) is 4. The van der Waals surface area contributed by atoms with Crippen LogP contribution >= 0.6 is 0 Å². The van der Waals surface area contributed by atoms with Crippen LogP contribution in [-0.2, 0) is 11.8 Å². The number of carbonyl (C=O) groups excluding carboxylic acids is 2. The molecular weight excluding hydrogens is 450 g/mol. The van der Waals surface area contributed by atoms with Crippen LogP contribution in [0.15, 0.2) is 54.9 Å². The van der Waals surface area contributed by atoms with E-state index in [4.69, 9.17) is 0 Å². The Hall–Kier alpha value is -3.45. The molecule has 2 amide bonds. The van der Waals surface area contributed by atoms with Crippen molar-refractivity contribution in [2.45, 2.75) is 44.6 Å². The van der Waals surface area contributed by atoms with E-state index in [9.17, 15) is 9.59 Å². The van der Waals surface area contributed by atoms with E-state index in [0.29, 0.717) is 11.5 Å². The molecule has 0 aliphatic carbocycles. The van der Waals surface area contributed by atoms with Crippen molar-refractivity contribution in [3.8, 4) is 11.1 Å².